The van der Waals surface area contributed by atoms with Gasteiger partial charge in [0.05, 0.1) is 0 Å². The van der Waals surface area contributed by atoms with Crippen LogP contribution in [-0.2, 0) is 12.8 Å². The Balaban J connectivity index is 1.40. The lowest BCUT2D eigenvalue weighted by Crippen LogP contribution is -2.40. The van der Waals surface area contributed by atoms with Crippen LogP contribution in [0.25, 0.3) is 10.8 Å². The second-order valence-corrected chi connectivity index (χ2v) is 8.21. The van der Waals surface area contributed by atoms with E-state index in [9.17, 15) is 4.79 Å². The molecule has 0 radical (unpaired) electrons. The summed E-state index contributed by atoms with van der Waals surface area (Å²) in [6.07, 6.45) is 1.55. The molecule has 3 heteroatoms. The first-order valence-corrected chi connectivity index (χ1v) is 10.2. The van der Waals surface area contributed by atoms with Crippen molar-refractivity contribution in [3.63, 3.8) is 0 Å². The minimum Gasteiger partial charge on any atom is -0.325 e. The fourth-order valence-electron chi connectivity index (χ4n) is 3.84. The molecule has 3 N–H and O–H groups in total. The zero-order valence-corrected chi connectivity index (χ0v) is 17.1. The largest absolute Gasteiger partial charge is 0.325 e. The quantitative estimate of drug-likeness (QED) is 0.448. The Morgan fingerprint density at radius 3 is 2.10 bits per heavy atom. The number of nitrogens with one attached hydrogen (secondary N) is 1. The molecule has 1 atom stereocenters. The van der Waals surface area contributed by atoms with Crippen LogP contribution in [-0.4, -0.2) is 11.4 Å². The summed E-state index contributed by atoms with van der Waals surface area (Å²) in [6, 6.07) is 32.1. The van der Waals surface area contributed by atoms with Gasteiger partial charge in [-0.1, -0.05) is 72.8 Å². The van der Waals surface area contributed by atoms with Gasteiger partial charge in [0.15, 0.2) is 0 Å². The number of carbonyl (C=O) groups is 1. The highest BCUT2D eigenvalue weighted by molar-refractivity contribution is 6.04. The SMILES string of the molecule is CC(N)(Cc1ccc(NC(=O)c2ccccc2)cc1)Cc1ccc2ccccc2c1. The highest BCUT2D eigenvalue weighted by atomic mass is 16.1. The number of benzene rings is 4. The van der Waals surface area contributed by atoms with Crippen molar-refractivity contribution in [2.45, 2.75) is 25.3 Å². The highest BCUT2D eigenvalue weighted by Gasteiger charge is 2.20. The van der Waals surface area contributed by atoms with E-state index in [0.29, 0.717) is 5.56 Å². The molecule has 30 heavy (non-hydrogen) atoms. The molecule has 0 aliphatic rings. The van der Waals surface area contributed by atoms with E-state index in [1.54, 1.807) is 12.1 Å². The number of rotatable bonds is 6. The van der Waals surface area contributed by atoms with Gasteiger partial charge in [0.1, 0.15) is 0 Å². The molecule has 4 aromatic carbocycles. The van der Waals surface area contributed by atoms with Crippen molar-refractivity contribution in [3.8, 4) is 0 Å². The van der Waals surface area contributed by atoms with E-state index in [4.69, 9.17) is 5.73 Å². The molecule has 0 aliphatic heterocycles. The smallest absolute Gasteiger partial charge is 0.255 e. The molecule has 0 spiro atoms. The maximum atomic E-state index is 12.3. The van der Waals surface area contributed by atoms with Gasteiger partial charge in [-0.3, -0.25) is 4.79 Å². The Bertz CT molecular complexity index is 1150. The first kappa shape index (κ1) is 19.9. The van der Waals surface area contributed by atoms with Crippen molar-refractivity contribution in [1.29, 1.82) is 0 Å². The minimum absolute atomic E-state index is 0.108. The maximum absolute atomic E-state index is 12.3. The van der Waals surface area contributed by atoms with Crippen LogP contribution in [0.1, 0.15) is 28.4 Å². The second-order valence-electron chi connectivity index (χ2n) is 8.21. The molecule has 150 valence electrons. The molecular formula is C27H26N2O. The van der Waals surface area contributed by atoms with Crippen LogP contribution in [0.3, 0.4) is 0 Å². The summed E-state index contributed by atoms with van der Waals surface area (Å²) in [7, 11) is 0. The van der Waals surface area contributed by atoms with E-state index in [1.165, 1.54) is 16.3 Å². The maximum Gasteiger partial charge on any atom is 0.255 e. The van der Waals surface area contributed by atoms with Gasteiger partial charge in [0.25, 0.3) is 5.91 Å². The van der Waals surface area contributed by atoms with E-state index in [-0.39, 0.29) is 11.4 Å². The van der Waals surface area contributed by atoms with Gasteiger partial charge < -0.3 is 11.1 Å². The number of carbonyl (C=O) groups excluding carboxylic acids is 1. The van der Waals surface area contributed by atoms with Crippen molar-refractivity contribution in [1.82, 2.24) is 0 Å². The highest BCUT2D eigenvalue weighted by Crippen LogP contribution is 2.22. The standard InChI is InChI=1S/C27H26N2O/c1-27(28,19-21-11-14-22-7-5-6-10-24(22)17-21)18-20-12-15-25(16-13-20)29-26(30)23-8-3-2-4-9-23/h2-17H,18-19,28H2,1H3,(H,29,30). The third-order valence-electron chi connectivity index (χ3n) is 5.28. The zero-order chi connectivity index (χ0) is 21.0. The Morgan fingerprint density at radius 2 is 1.37 bits per heavy atom. The van der Waals surface area contributed by atoms with E-state index < -0.39 is 0 Å². The van der Waals surface area contributed by atoms with Gasteiger partial charge in [-0.2, -0.15) is 0 Å². The number of hydrogen-bond acceptors (Lipinski definition) is 2. The van der Waals surface area contributed by atoms with Crippen molar-refractivity contribution in [2.75, 3.05) is 5.32 Å². The fourth-order valence-corrected chi connectivity index (χ4v) is 3.84. The van der Waals surface area contributed by atoms with E-state index >= 15 is 0 Å². The van der Waals surface area contributed by atoms with Crippen LogP contribution < -0.4 is 11.1 Å². The van der Waals surface area contributed by atoms with Crippen LogP contribution in [0.2, 0.25) is 0 Å². The van der Waals surface area contributed by atoms with Crippen LogP contribution in [0.4, 0.5) is 5.69 Å². The molecule has 0 saturated carbocycles. The van der Waals surface area contributed by atoms with Gasteiger partial charge in [0.2, 0.25) is 0 Å². The fraction of sp³-hybridized carbons (Fsp3) is 0.148. The Morgan fingerprint density at radius 1 is 0.767 bits per heavy atom. The lowest BCUT2D eigenvalue weighted by atomic mass is 9.87. The molecule has 4 aromatic rings. The third kappa shape index (κ3) is 4.94. The lowest BCUT2D eigenvalue weighted by Gasteiger charge is -2.25. The Kier molecular flexibility index (Phi) is 5.64. The number of amides is 1. The van der Waals surface area contributed by atoms with Crippen molar-refractivity contribution < 1.29 is 4.79 Å². The predicted molar refractivity (Wildman–Crippen MR) is 125 cm³/mol. The van der Waals surface area contributed by atoms with Crippen molar-refractivity contribution in [3.05, 3.63) is 114 Å². The Labute approximate surface area is 177 Å². The van der Waals surface area contributed by atoms with E-state index in [0.717, 1.165) is 24.1 Å². The molecule has 3 nitrogen and oxygen atoms in total. The molecule has 0 bridgehead atoms. The molecule has 0 heterocycles. The summed E-state index contributed by atoms with van der Waals surface area (Å²) in [5.74, 6) is -0.108. The van der Waals surface area contributed by atoms with Gasteiger partial charge in [0, 0.05) is 16.8 Å². The zero-order valence-electron chi connectivity index (χ0n) is 17.1. The summed E-state index contributed by atoms with van der Waals surface area (Å²) in [6.45, 7) is 2.09. The predicted octanol–water partition coefficient (Wildman–Crippen LogP) is 5.59. The van der Waals surface area contributed by atoms with Gasteiger partial charge in [-0.25, -0.2) is 0 Å². The van der Waals surface area contributed by atoms with Crippen LogP contribution in [0.15, 0.2) is 97.1 Å². The molecular weight excluding hydrogens is 368 g/mol. The van der Waals surface area contributed by atoms with Crippen molar-refractivity contribution in [2.24, 2.45) is 5.73 Å². The van der Waals surface area contributed by atoms with Crippen LogP contribution in [0.5, 0.6) is 0 Å². The molecule has 0 fully saturated rings. The van der Waals surface area contributed by atoms with Gasteiger partial charge in [-0.15, -0.1) is 0 Å². The Hall–Kier alpha value is -3.43. The summed E-state index contributed by atoms with van der Waals surface area (Å²) in [5.41, 5.74) is 10.1. The number of nitrogens with two attached hydrogens (primary N) is 1. The van der Waals surface area contributed by atoms with Crippen LogP contribution in [0, 0.1) is 0 Å². The van der Waals surface area contributed by atoms with E-state index in [1.807, 2.05) is 42.5 Å². The molecule has 4 rings (SSSR count). The molecule has 0 aliphatic carbocycles. The van der Waals surface area contributed by atoms with Gasteiger partial charge >= 0.3 is 0 Å². The van der Waals surface area contributed by atoms with Crippen LogP contribution >= 0.6 is 0 Å². The third-order valence-corrected chi connectivity index (χ3v) is 5.28. The molecule has 1 unspecified atom stereocenters. The topological polar surface area (TPSA) is 55.1 Å². The van der Waals surface area contributed by atoms with Gasteiger partial charge in [-0.05, 0) is 65.9 Å². The normalized spacial score (nSPS) is 13.0. The summed E-state index contributed by atoms with van der Waals surface area (Å²) < 4.78 is 0. The van der Waals surface area contributed by atoms with E-state index in [2.05, 4.69) is 54.7 Å². The summed E-state index contributed by atoms with van der Waals surface area (Å²) in [5, 5.41) is 5.42. The summed E-state index contributed by atoms with van der Waals surface area (Å²) >= 11 is 0. The minimum atomic E-state index is -0.364. The van der Waals surface area contributed by atoms with Crippen molar-refractivity contribution >= 4 is 22.4 Å². The molecule has 0 saturated heterocycles. The average Bonchev–Trinajstić information content (AvgIpc) is 2.75. The lowest BCUT2D eigenvalue weighted by molar-refractivity contribution is 0.102. The average molecular weight is 395 g/mol. The first-order valence-electron chi connectivity index (χ1n) is 10.2. The first-order chi connectivity index (χ1) is 14.5. The second kappa shape index (κ2) is 8.52. The monoisotopic (exact) mass is 394 g/mol. The molecule has 0 aromatic heterocycles. The molecule has 1 amide bonds. The number of anilines is 1. The number of fused-ring (bicyclic) bond motifs is 1. The number of hydrogen-bond donors (Lipinski definition) is 2. The summed E-state index contributed by atoms with van der Waals surface area (Å²) in [4.78, 5) is 12.3.